The van der Waals surface area contributed by atoms with E-state index in [4.69, 9.17) is 5.73 Å². The molecule has 1 amide bonds. The number of nitrogens with two attached hydrogens (primary N) is 1. The zero-order valence-electron chi connectivity index (χ0n) is 10.5. The molecular weight excluding hydrogens is 219 g/mol. The summed E-state index contributed by atoms with van der Waals surface area (Å²) in [5.74, 6) is -0.732. The van der Waals surface area contributed by atoms with Gasteiger partial charge in [-0.15, -0.1) is 0 Å². The van der Waals surface area contributed by atoms with Crippen molar-refractivity contribution in [3.8, 4) is 0 Å². The predicted octanol–water partition coefficient (Wildman–Crippen LogP) is 2.72. The van der Waals surface area contributed by atoms with Crippen molar-refractivity contribution in [1.29, 1.82) is 0 Å². The van der Waals surface area contributed by atoms with Crippen LogP contribution in [0.1, 0.15) is 44.0 Å². The maximum Gasteiger partial charge on any atom is 0.251 e. The molecule has 0 unspecified atom stereocenters. The second-order valence-corrected chi connectivity index (χ2v) is 4.82. The van der Waals surface area contributed by atoms with E-state index in [9.17, 15) is 9.18 Å². The van der Waals surface area contributed by atoms with Crippen LogP contribution in [0.3, 0.4) is 0 Å². The Morgan fingerprint density at radius 2 is 2.12 bits per heavy atom. The van der Waals surface area contributed by atoms with Crippen molar-refractivity contribution >= 4 is 11.6 Å². The Morgan fingerprint density at radius 1 is 1.47 bits per heavy atom. The first-order chi connectivity index (χ1) is 7.85. The van der Waals surface area contributed by atoms with Crippen molar-refractivity contribution in [2.75, 3.05) is 5.73 Å². The van der Waals surface area contributed by atoms with Gasteiger partial charge < -0.3 is 11.1 Å². The molecule has 0 aliphatic rings. The van der Waals surface area contributed by atoms with Crippen LogP contribution in [-0.2, 0) is 0 Å². The number of rotatable bonds is 4. The topological polar surface area (TPSA) is 55.1 Å². The van der Waals surface area contributed by atoms with Gasteiger partial charge in [0.15, 0.2) is 0 Å². The van der Waals surface area contributed by atoms with Crippen LogP contribution in [0.4, 0.5) is 10.1 Å². The van der Waals surface area contributed by atoms with E-state index in [1.54, 1.807) is 0 Å². The van der Waals surface area contributed by atoms with Crippen molar-refractivity contribution in [3.63, 3.8) is 0 Å². The van der Waals surface area contributed by atoms with E-state index < -0.39 is 5.82 Å². The highest BCUT2D eigenvalue weighted by Gasteiger charge is 2.20. The monoisotopic (exact) mass is 238 g/mol. The number of hydrogen-bond acceptors (Lipinski definition) is 2. The number of nitrogens with one attached hydrogen (secondary N) is 1. The minimum atomic E-state index is -0.505. The first kappa shape index (κ1) is 13.5. The van der Waals surface area contributed by atoms with Crippen LogP contribution >= 0.6 is 0 Å². The van der Waals surface area contributed by atoms with E-state index in [0.717, 1.165) is 12.8 Å². The smallest absolute Gasteiger partial charge is 0.251 e. The van der Waals surface area contributed by atoms with E-state index in [0.29, 0.717) is 5.56 Å². The SMILES string of the molecule is CCCC(C)(C)NC(=O)c1ccc(F)c(N)c1. The number of anilines is 1. The lowest BCUT2D eigenvalue weighted by Gasteiger charge is -2.25. The van der Waals surface area contributed by atoms with Gasteiger partial charge in [0, 0.05) is 11.1 Å². The summed E-state index contributed by atoms with van der Waals surface area (Å²) < 4.78 is 13.0. The second-order valence-electron chi connectivity index (χ2n) is 4.82. The second kappa shape index (κ2) is 5.17. The highest BCUT2D eigenvalue weighted by atomic mass is 19.1. The molecule has 1 aromatic rings. The molecule has 0 heterocycles. The minimum absolute atomic E-state index is 0.00838. The maximum atomic E-state index is 13.0. The highest BCUT2D eigenvalue weighted by Crippen LogP contribution is 2.15. The van der Waals surface area contributed by atoms with Gasteiger partial charge in [-0.05, 0) is 38.5 Å². The normalized spacial score (nSPS) is 11.3. The summed E-state index contributed by atoms with van der Waals surface area (Å²) in [7, 11) is 0. The Morgan fingerprint density at radius 3 is 2.65 bits per heavy atom. The van der Waals surface area contributed by atoms with E-state index in [1.165, 1.54) is 18.2 Å². The summed E-state index contributed by atoms with van der Waals surface area (Å²) >= 11 is 0. The molecule has 3 nitrogen and oxygen atoms in total. The number of halogens is 1. The van der Waals surface area contributed by atoms with Crippen molar-refractivity contribution in [2.24, 2.45) is 0 Å². The summed E-state index contributed by atoms with van der Waals surface area (Å²) in [5, 5.41) is 2.90. The molecule has 0 aromatic heterocycles. The molecule has 94 valence electrons. The third-order valence-electron chi connectivity index (χ3n) is 2.59. The predicted molar refractivity (Wildman–Crippen MR) is 67.3 cm³/mol. The molecule has 1 rings (SSSR count). The van der Waals surface area contributed by atoms with E-state index >= 15 is 0 Å². The Hall–Kier alpha value is -1.58. The van der Waals surface area contributed by atoms with Crippen LogP contribution in [0, 0.1) is 5.82 Å². The fraction of sp³-hybridized carbons (Fsp3) is 0.462. The zero-order chi connectivity index (χ0) is 13.1. The standard InChI is InChI=1S/C13H19FN2O/c1-4-7-13(2,3)16-12(17)9-5-6-10(14)11(15)8-9/h5-6,8H,4,7,15H2,1-3H3,(H,16,17). The third kappa shape index (κ3) is 3.73. The molecule has 0 spiro atoms. The molecule has 0 saturated heterocycles. The number of nitrogen functional groups attached to an aromatic ring is 1. The molecular formula is C13H19FN2O. The summed E-state index contributed by atoms with van der Waals surface area (Å²) in [4.78, 5) is 11.9. The number of hydrogen-bond donors (Lipinski definition) is 2. The van der Waals surface area contributed by atoms with Crippen molar-refractivity contribution < 1.29 is 9.18 Å². The van der Waals surface area contributed by atoms with E-state index in [2.05, 4.69) is 12.2 Å². The lowest BCUT2D eigenvalue weighted by Crippen LogP contribution is -2.43. The molecule has 1 aromatic carbocycles. The minimum Gasteiger partial charge on any atom is -0.396 e. The summed E-state index contributed by atoms with van der Waals surface area (Å²) in [5.41, 5.74) is 5.53. The quantitative estimate of drug-likeness (QED) is 0.792. The molecule has 0 bridgehead atoms. The Balaban J connectivity index is 2.80. The van der Waals surface area contributed by atoms with Gasteiger partial charge in [-0.1, -0.05) is 13.3 Å². The first-order valence-electron chi connectivity index (χ1n) is 5.73. The molecule has 0 radical (unpaired) electrons. The van der Waals surface area contributed by atoms with Crippen LogP contribution in [-0.4, -0.2) is 11.4 Å². The van der Waals surface area contributed by atoms with Gasteiger partial charge in [0.1, 0.15) is 5.82 Å². The van der Waals surface area contributed by atoms with Gasteiger partial charge in [-0.3, -0.25) is 4.79 Å². The van der Waals surface area contributed by atoms with Gasteiger partial charge in [0.25, 0.3) is 5.91 Å². The van der Waals surface area contributed by atoms with Crippen LogP contribution in [0.25, 0.3) is 0 Å². The average molecular weight is 238 g/mol. The summed E-state index contributed by atoms with van der Waals surface area (Å²) in [6, 6.07) is 3.99. The van der Waals surface area contributed by atoms with Gasteiger partial charge in [0.2, 0.25) is 0 Å². The fourth-order valence-electron chi connectivity index (χ4n) is 1.75. The maximum absolute atomic E-state index is 13.0. The molecule has 3 N–H and O–H groups in total. The van der Waals surface area contributed by atoms with E-state index in [-0.39, 0.29) is 17.1 Å². The first-order valence-corrected chi connectivity index (χ1v) is 5.73. The lowest BCUT2D eigenvalue weighted by atomic mass is 9.98. The van der Waals surface area contributed by atoms with Crippen molar-refractivity contribution in [3.05, 3.63) is 29.6 Å². The molecule has 0 fully saturated rings. The van der Waals surface area contributed by atoms with Crippen LogP contribution < -0.4 is 11.1 Å². The van der Waals surface area contributed by atoms with Gasteiger partial charge in [-0.2, -0.15) is 0 Å². The number of benzene rings is 1. The molecule has 0 aliphatic heterocycles. The van der Waals surface area contributed by atoms with Crippen molar-refractivity contribution in [1.82, 2.24) is 5.32 Å². The number of amides is 1. The van der Waals surface area contributed by atoms with E-state index in [1.807, 2.05) is 13.8 Å². The average Bonchev–Trinajstić information content (AvgIpc) is 2.21. The molecule has 17 heavy (non-hydrogen) atoms. The van der Waals surface area contributed by atoms with Gasteiger partial charge in [-0.25, -0.2) is 4.39 Å². The summed E-state index contributed by atoms with van der Waals surface area (Å²) in [6.07, 6.45) is 1.87. The fourth-order valence-corrected chi connectivity index (χ4v) is 1.75. The Labute approximate surface area is 101 Å². The summed E-state index contributed by atoms with van der Waals surface area (Å²) in [6.45, 7) is 5.98. The Bertz CT molecular complexity index is 416. The zero-order valence-corrected chi connectivity index (χ0v) is 10.5. The molecule has 0 atom stereocenters. The molecule has 4 heteroatoms. The Kier molecular flexibility index (Phi) is 4.10. The molecule has 0 saturated carbocycles. The largest absolute Gasteiger partial charge is 0.396 e. The number of carbonyl (C=O) groups is 1. The highest BCUT2D eigenvalue weighted by molar-refractivity contribution is 5.95. The molecule has 0 aliphatic carbocycles. The van der Waals surface area contributed by atoms with Crippen molar-refractivity contribution in [2.45, 2.75) is 39.2 Å². The van der Waals surface area contributed by atoms with Crippen LogP contribution in [0.15, 0.2) is 18.2 Å². The van der Waals surface area contributed by atoms with Crippen LogP contribution in [0.5, 0.6) is 0 Å². The number of carbonyl (C=O) groups excluding carboxylic acids is 1. The van der Waals surface area contributed by atoms with Gasteiger partial charge in [0.05, 0.1) is 5.69 Å². The van der Waals surface area contributed by atoms with Crippen LogP contribution in [0.2, 0.25) is 0 Å². The van der Waals surface area contributed by atoms with Gasteiger partial charge >= 0.3 is 0 Å². The third-order valence-corrected chi connectivity index (χ3v) is 2.59. The lowest BCUT2D eigenvalue weighted by molar-refractivity contribution is 0.0909.